The van der Waals surface area contributed by atoms with Crippen LogP contribution in [0.15, 0.2) is 36.5 Å². The molecule has 0 aliphatic carbocycles. The molecule has 4 rings (SSSR count). The first kappa shape index (κ1) is 19.4. The van der Waals surface area contributed by atoms with Crippen molar-refractivity contribution in [3.05, 3.63) is 53.5 Å². The van der Waals surface area contributed by atoms with Gasteiger partial charge in [-0.05, 0) is 44.5 Å². The number of aromatic nitrogens is 3. The topological polar surface area (TPSA) is 66.3 Å². The van der Waals surface area contributed by atoms with Crippen molar-refractivity contribution in [3.63, 3.8) is 0 Å². The van der Waals surface area contributed by atoms with Gasteiger partial charge < -0.3 is 14.8 Å². The Kier molecular flexibility index (Phi) is 5.49. The number of imidazole rings is 1. The van der Waals surface area contributed by atoms with Crippen LogP contribution in [0.5, 0.6) is 0 Å². The van der Waals surface area contributed by atoms with E-state index in [0.717, 1.165) is 67.5 Å². The lowest BCUT2D eigenvalue weighted by atomic mass is 10.1. The van der Waals surface area contributed by atoms with Crippen LogP contribution < -0.4 is 5.32 Å². The van der Waals surface area contributed by atoms with Gasteiger partial charge in [0.05, 0.1) is 0 Å². The van der Waals surface area contributed by atoms with Gasteiger partial charge in [0.15, 0.2) is 5.65 Å². The van der Waals surface area contributed by atoms with Crippen LogP contribution in [0.3, 0.4) is 0 Å². The van der Waals surface area contributed by atoms with Crippen molar-refractivity contribution in [1.29, 1.82) is 0 Å². The minimum Gasteiger partial charge on any atom is -0.322 e. The minimum absolute atomic E-state index is 0.0164. The van der Waals surface area contributed by atoms with Gasteiger partial charge in [-0.15, -0.1) is 0 Å². The van der Waals surface area contributed by atoms with Gasteiger partial charge in [-0.25, -0.2) is 14.8 Å². The van der Waals surface area contributed by atoms with Crippen molar-refractivity contribution < 1.29 is 4.79 Å². The molecule has 3 heterocycles. The number of hydrogen-bond acceptors (Lipinski definition) is 4. The second-order valence-electron chi connectivity index (χ2n) is 7.73. The molecule has 1 N–H and O–H groups in total. The number of urea groups is 1. The van der Waals surface area contributed by atoms with E-state index < -0.39 is 0 Å². The summed E-state index contributed by atoms with van der Waals surface area (Å²) in [4.78, 5) is 26.0. The van der Waals surface area contributed by atoms with Gasteiger partial charge in [-0.2, -0.15) is 0 Å². The number of nitrogens with one attached hydrogen (secondary N) is 1. The summed E-state index contributed by atoms with van der Waals surface area (Å²) >= 11 is 0. The number of carbonyl (C=O) groups excluding carboxylic acids is 1. The van der Waals surface area contributed by atoms with Gasteiger partial charge in [0.1, 0.15) is 11.3 Å². The van der Waals surface area contributed by atoms with E-state index in [2.05, 4.69) is 37.7 Å². The Bertz CT molecular complexity index is 1020. The van der Waals surface area contributed by atoms with Crippen molar-refractivity contribution in [2.24, 2.45) is 0 Å². The van der Waals surface area contributed by atoms with E-state index in [0.29, 0.717) is 0 Å². The lowest BCUT2D eigenvalue weighted by Gasteiger charge is -2.34. The first-order valence-corrected chi connectivity index (χ1v) is 10.1. The Labute approximate surface area is 171 Å². The molecule has 7 heteroatoms. The fourth-order valence-electron chi connectivity index (χ4n) is 3.90. The predicted molar refractivity (Wildman–Crippen MR) is 115 cm³/mol. The fourth-order valence-corrected chi connectivity index (χ4v) is 3.90. The number of fused-ring (bicyclic) bond motifs is 1. The molecule has 0 saturated carbocycles. The molecular formula is C22H28N6O. The molecule has 1 saturated heterocycles. The van der Waals surface area contributed by atoms with E-state index in [1.165, 1.54) is 5.56 Å². The third kappa shape index (κ3) is 4.24. The number of rotatable bonds is 4. The highest BCUT2D eigenvalue weighted by atomic mass is 16.2. The summed E-state index contributed by atoms with van der Waals surface area (Å²) in [6, 6.07) is 9.99. The summed E-state index contributed by atoms with van der Waals surface area (Å²) in [6.45, 7) is 11.1. The zero-order chi connectivity index (χ0) is 20.4. The lowest BCUT2D eigenvalue weighted by molar-refractivity contribution is 0.144. The maximum absolute atomic E-state index is 12.6. The normalized spacial score (nSPS) is 15.1. The number of piperazine rings is 1. The number of benzene rings is 1. The smallest absolute Gasteiger partial charge is 0.321 e. The van der Waals surface area contributed by atoms with Crippen LogP contribution in [0.25, 0.3) is 11.2 Å². The van der Waals surface area contributed by atoms with Crippen molar-refractivity contribution in [3.8, 4) is 0 Å². The number of hydrogen-bond donors (Lipinski definition) is 1. The van der Waals surface area contributed by atoms with Gasteiger partial charge in [-0.3, -0.25) is 4.90 Å². The quantitative estimate of drug-likeness (QED) is 0.740. The number of aryl methyl sites for hydroxylation is 3. The molecule has 7 nitrogen and oxygen atoms in total. The minimum atomic E-state index is -0.0164. The molecule has 1 aromatic carbocycles. The fraction of sp³-hybridized carbons (Fsp3) is 0.409. The maximum Gasteiger partial charge on any atom is 0.321 e. The van der Waals surface area contributed by atoms with Gasteiger partial charge in [-0.1, -0.05) is 17.7 Å². The molecule has 0 atom stereocenters. The number of nitrogens with zero attached hydrogens (tertiary/aromatic N) is 5. The van der Waals surface area contributed by atoms with E-state index in [4.69, 9.17) is 0 Å². The monoisotopic (exact) mass is 392 g/mol. The van der Waals surface area contributed by atoms with Crippen LogP contribution in [0.1, 0.15) is 17.0 Å². The van der Waals surface area contributed by atoms with Gasteiger partial charge in [0.25, 0.3) is 0 Å². The molecule has 3 aromatic rings. The number of anilines is 1. The zero-order valence-electron chi connectivity index (χ0n) is 17.4. The highest BCUT2D eigenvalue weighted by molar-refractivity contribution is 5.90. The van der Waals surface area contributed by atoms with Crippen LogP contribution in [-0.2, 0) is 6.54 Å². The van der Waals surface area contributed by atoms with E-state index >= 15 is 0 Å². The van der Waals surface area contributed by atoms with E-state index in [9.17, 15) is 4.79 Å². The highest BCUT2D eigenvalue weighted by Gasteiger charge is 2.21. The highest BCUT2D eigenvalue weighted by Crippen LogP contribution is 2.17. The Hall–Kier alpha value is -2.93. The van der Waals surface area contributed by atoms with E-state index in [-0.39, 0.29) is 6.03 Å². The van der Waals surface area contributed by atoms with Crippen LogP contribution >= 0.6 is 0 Å². The maximum atomic E-state index is 12.6. The van der Waals surface area contributed by atoms with Crippen molar-refractivity contribution in [2.45, 2.75) is 27.3 Å². The second kappa shape index (κ2) is 8.21. The average molecular weight is 393 g/mol. The van der Waals surface area contributed by atoms with Gasteiger partial charge >= 0.3 is 6.03 Å². The summed E-state index contributed by atoms with van der Waals surface area (Å²) in [7, 11) is 0. The van der Waals surface area contributed by atoms with Crippen LogP contribution in [-0.4, -0.2) is 63.1 Å². The van der Waals surface area contributed by atoms with Gasteiger partial charge in [0, 0.05) is 51.2 Å². The van der Waals surface area contributed by atoms with Crippen LogP contribution in [0.4, 0.5) is 10.5 Å². The third-order valence-corrected chi connectivity index (χ3v) is 5.62. The molecule has 1 fully saturated rings. The summed E-state index contributed by atoms with van der Waals surface area (Å²) in [5.74, 6) is 0.991. The number of carbonyl (C=O) groups is 1. The molecule has 0 radical (unpaired) electrons. The average Bonchev–Trinajstić information content (AvgIpc) is 3.04. The molecule has 2 aromatic heterocycles. The van der Waals surface area contributed by atoms with Crippen molar-refractivity contribution >= 4 is 22.9 Å². The molecule has 0 bridgehead atoms. The molecule has 2 amide bonds. The molecule has 0 spiro atoms. The third-order valence-electron chi connectivity index (χ3n) is 5.62. The first-order valence-electron chi connectivity index (χ1n) is 10.1. The van der Waals surface area contributed by atoms with E-state index in [1.54, 1.807) is 0 Å². The second-order valence-corrected chi connectivity index (χ2v) is 7.73. The standard InChI is InChI=1S/C22H28N6O/c1-16-6-7-19(17(2)15-16)25-22(29)27-12-9-26(10-13-27)11-14-28-18(3)24-20-5-4-8-23-21(20)28/h4-8,15H,9-14H2,1-3H3,(H,25,29). The zero-order valence-corrected chi connectivity index (χ0v) is 17.4. The van der Waals surface area contributed by atoms with Crippen LogP contribution in [0.2, 0.25) is 0 Å². The largest absolute Gasteiger partial charge is 0.322 e. The van der Waals surface area contributed by atoms with Crippen LogP contribution in [0, 0.1) is 20.8 Å². The molecule has 0 unspecified atom stereocenters. The predicted octanol–water partition coefficient (Wildman–Crippen LogP) is 3.21. The molecule has 1 aliphatic rings. The summed E-state index contributed by atoms with van der Waals surface area (Å²) in [5.41, 5.74) is 5.06. The number of amides is 2. The Morgan fingerprint density at radius 2 is 1.86 bits per heavy atom. The summed E-state index contributed by atoms with van der Waals surface area (Å²) in [5, 5.41) is 3.05. The summed E-state index contributed by atoms with van der Waals surface area (Å²) in [6.07, 6.45) is 1.81. The number of pyridine rings is 1. The Morgan fingerprint density at radius 3 is 2.62 bits per heavy atom. The van der Waals surface area contributed by atoms with Gasteiger partial charge in [0.2, 0.25) is 0 Å². The van der Waals surface area contributed by atoms with Crippen molar-refractivity contribution in [1.82, 2.24) is 24.3 Å². The SMILES string of the molecule is Cc1ccc(NC(=O)N2CCN(CCn3c(C)nc4cccnc43)CC2)c(C)c1. The van der Waals surface area contributed by atoms with Crippen molar-refractivity contribution in [2.75, 3.05) is 38.0 Å². The summed E-state index contributed by atoms with van der Waals surface area (Å²) < 4.78 is 2.18. The van der Waals surface area contributed by atoms with E-state index in [1.807, 2.05) is 49.2 Å². The molecule has 29 heavy (non-hydrogen) atoms. The molecule has 152 valence electrons. The first-order chi connectivity index (χ1) is 14.0. The Morgan fingerprint density at radius 1 is 1.07 bits per heavy atom. The lowest BCUT2D eigenvalue weighted by Crippen LogP contribution is -2.50. The Balaban J connectivity index is 1.30. The molecule has 1 aliphatic heterocycles. The molecular weight excluding hydrogens is 364 g/mol.